The molecule has 1 radical (unpaired) electrons. The molecule has 0 saturated carbocycles. The summed E-state index contributed by atoms with van der Waals surface area (Å²) in [5.74, 6) is -0.365. The third-order valence-corrected chi connectivity index (χ3v) is 5.57. The molecular formula is C12H17AsNO3. The van der Waals surface area contributed by atoms with Crippen molar-refractivity contribution in [3.63, 3.8) is 0 Å². The molecule has 4 nitrogen and oxygen atoms in total. The Hall–Kier alpha value is -0.992. The van der Waals surface area contributed by atoms with E-state index in [1.165, 1.54) is 7.11 Å². The van der Waals surface area contributed by atoms with Crippen LogP contribution in [-0.4, -0.2) is 39.5 Å². The van der Waals surface area contributed by atoms with Crippen molar-refractivity contribution in [1.29, 1.82) is 0 Å². The Labute approximate surface area is 108 Å². The average Bonchev–Trinajstić information content (AvgIpc) is 2.26. The first-order valence-corrected chi connectivity index (χ1v) is 7.48. The van der Waals surface area contributed by atoms with Gasteiger partial charge >= 0.3 is 108 Å². The first-order valence-electron chi connectivity index (χ1n) is 5.21. The summed E-state index contributed by atoms with van der Waals surface area (Å²) in [6.45, 7) is 3.53. The van der Waals surface area contributed by atoms with Gasteiger partial charge in [-0.2, -0.15) is 0 Å². The summed E-state index contributed by atoms with van der Waals surface area (Å²) in [4.78, 5) is 11.4. The first kappa shape index (κ1) is 14.1. The Morgan fingerprint density at radius 2 is 2.18 bits per heavy atom. The fraction of sp³-hybridized carbons (Fsp3) is 0.417. The van der Waals surface area contributed by atoms with Crippen molar-refractivity contribution < 1.29 is 14.6 Å². The van der Waals surface area contributed by atoms with Crippen molar-refractivity contribution in [2.24, 2.45) is 0 Å². The van der Waals surface area contributed by atoms with Gasteiger partial charge in [0, 0.05) is 0 Å². The molecule has 0 amide bonds. The van der Waals surface area contributed by atoms with Crippen LogP contribution in [0, 0.1) is 0 Å². The molecule has 0 heterocycles. The van der Waals surface area contributed by atoms with Gasteiger partial charge in [-0.3, -0.25) is 0 Å². The number of aliphatic hydroxyl groups is 1. The van der Waals surface area contributed by atoms with Gasteiger partial charge in [-0.1, -0.05) is 0 Å². The van der Waals surface area contributed by atoms with Gasteiger partial charge in [-0.25, -0.2) is 0 Å². The second-order valence-electron chi connectivity index (χ2n) is 4.39. The van der Waals surface area contributed by atoms with Gasteiger partial charge in [-0.05, 0) is 0 Å². The number of hydrogen-bond acceptors (Lipinski definition) is 4. The molecule has 1 aromatic carbocycles. The molecule has 3 N–H and O–H groups in total. The monoisotopic (exact) mass is 298 g/mol. The maximum absolute atomic E-state index is 11.4. The molecule has 0 aliphatic rings. The summed E-state index contributed by atoms with van der Waals surface area (Å²) in [7, 11) is 1.35. The summed E-state index contributed by atoms with van der Waals surface area (Å²) >= 11 is -0.261. The van der Waals surface area contributed by atoms with Crippen molar-refractivity contribution in [3.05, 3.63) is 23.8 Å². The third-order valence-electron chi connectivity index (χ3n) is 2.09. The van der Waals surface area contributed by atoms with Gasteiger partial charge < -0.3 is 0 Å². The molecule has 0 saturated heterocycles. The maximum atomic E-state index is 11.4. The summed E-state index contributed by atoms with van der Waals surface area (Å²) in [6.07, 6.45) is 0. The number of esters is 1. The standard InChI is InChI=1S/C12H17AsNO3/c1-12(2,16)7-13-9-6-8(11(15)17-3)4-5-10(9)14/h4-6,16H,7,14H2,1-3H3. The van der Waals surface area contributed by atoms with Crippen LogP contribution >= 0.6 is 0 Å². The second kappa shape index (κ2) is 5.56. The predicted octanol–water partition coefficient (Wildman–Crippen LogP) is 0.574. The molecule has 0 spiro atoms. The van der Waals surface area contributed by atoms with Crippen LogP contribution in [0.2, 0.25) is 5.21 Å². The van der Waals surface area contributed by atoms with Crippen LogP contribution in [0.5, 0.6) is 0 Å². The van der Waals surface area contributed by atoms with Crippen molar-refractivity contribution in [2.75, 3.05) is 12.8 Å². The Balaban J connectivity index is 2.87. The molecule has 0 bridgehead atoms. The number of carbonyl (C=O) groups is 1. The Bertz CT molecular complexity index is 413. The fourth-order valence-corrected chi connectivity index (χ4v) is 3.40. The van der Waals surface area contributed by atoms with Crippen molar-refractivity contribution in [1.82, 2.24) is 0 Å². The van der Waals surface area contributed by atoms with E-state index in [1.54, 1.807) is 32.0 Å². The second-order valence-corrected chi connectivity index (χ2v) is 6.73. The van der Waals surface area contributed by atoms with Gasteiger partial charge in [0.05, 0.1) is 0 Å². The summed E-state index contributed by atoms with van der Waals surface area (Å²) in [5, 5.41) is 10.4. The molecule has 0 aliphatic heterocycles. The topological polar surface area (TPSA) is 72.5 Å². The molecule has 0 aromatic heterocycles. The normalized spacial score (nSPS) is 12.0. The van der Waals surface area contributed by atoms with Gasteiger partial charge in [0.15, 0.2) is 0 Å². The molecule has 1 rings (SSSR count). The van der Waals surface area contributed by atoms with E-state index < -0.39 is 5.60 Å². The van der Waals surface area contributed by atoms with Crippen LogP contribution in [0.4, 0.5) is 5.69 Å². The van der Waals surface area contributed by atoms with E-state index in [9.17, 15) is 9.90 Å². The van der Waals surface area contributed by atoms with E-state index in [1.807, 2.05) is 0 Å². The molecule has 5 heteroatoms. The number of hydrogen-bond donors (Lipinski definition) is 2. The Morgan fingerprint density at radius 3 is 2.71 bits per heavy atom. The van der Waals surface area contributed by atoms with Crippen molar-refractivity contribution in [2.45, 2.75) is 24.7 Å². The van der Waals surface area contributed by atoms with Crippen LogP contribution in [0.25, 0.3) is 0 Å². The molecule has 0 aliphatic carbocycles. The van der Waals surface area contributed by atoms with Gasteiger partial charge in [0.2, 0.25) is 0 Å². The molecule has 93 valence electrons. The van der Waals surface area contributed by atoms with E-state index in [2.05, 4.69) is 4.74 Å². The number of benzene rings is 1. The van der Waals surface area contributed by atoms with Gasteiger partial charge in [0.1, 0.15) is 0 Å². The van der Waals surface area contributed by atoms with E-state index in [4.69, 9.17) is 5.73 Å². The predicted molar refractivity (Wildman–Crippen MR) is 68.7 cm³/mol. The molecule has 0 unspecified atom stereocenters. The number of nitrogens with two attached hydrogens (primary N) is 1. The number of nitrogen functional groups attached to an aromatic ring is 1. The molecule has 17 heavy (non-hydrogen) atoms. The van der Waals surface area contributed by atoms with E-state index in [0.29, 0.717) is 16.5 Å². The summed E-state index contributed by atoms with van der Waals surface area (Å²) in [6, 6.07) is 5.12. The van der Waals surface area contributed by atoms with Crippen LogP contribution in [0.1, 0.15) is 24.2 Å². The zero-order valence-corrected chi connectivity index (χ0v) is 12.1. The zero-order chi connectivity index (χ0) is 13.1. The van der Waals surface area contributed by atoms with Crippen LogP contribution in [0.3, 0.4) is 0 Å². The SMILES string of the molecule is COC(=O)c1ccc(N)c([As]CC(C)(C)O)c1. The van der Waals surface area contributed by atoms with Crippen molar-refractivity contribution >= 4 is 31.8 Å². The minimum atomic E-state index is -0.701. The summed E-state index contributed by atoms with van der Waals surface area (Å²) in [5.41, 5.74) is 6.32. The quantitative estimate of drug-likeness (QED) is 0.484. The summed E-state index contributed by atoms with van der Waals surface area (Å²) < 4.78 is 5.61. The number of anilines is 1. The molecule has 1 aromatic rings. The Kier molecular flexibility index (Phi) is 4.60. The molecule has 0 fully saturated rings. The van der Waals surface area contributed by atoms with Crippen LogP contribution < -0.4 is 10.1 Å². The van der Waals surface area contributed by atoms with Gasteiger partial charge in [0.25, 0.3) is 0 Å². The molecule has 0 atom stereocenters. The van der Waals surface area contributed by atoms with Crippen LogP contribution in [0.15, 0.2) is 18.2 Å². The van der Waals surface area contributed by atoms with E-state index in [0.717, 1.165) is 4.35 Å². The number of methoxy groups -OCH3 is 1. The van der Waals surface area contributed by atoms with Crippen LogP contribution in [-0.2, 0) is 4.74 Å². The first-order chi connectivity index (χ1) is 7.83. The number of rotatable bonds is 4. The third kappa shape index (κ3) is 4.41. The number of ether oxygens (including phenoxy) is 1. The van der Waals surface area contributed by atoms with E-state index >= 15 is 0 Å². The van der Waals surface area contributed by atoms with Crippen molar-refractivity contribution in [3.8, 4) is 0 Å². The minimum absolute atomic E-state index is 0.261. The number of carbonyl (C=O) groups excluding carboxylic acids is 1. The average molecular weight is 298 g/mol. The van der Waals surface area contributed by atoms with Gasteiger partial charge in [-0.15, -0.1) is 0 Å². The fourth-order valence-electron chi connectivity index (χ4n) is 1.20. The Morgan fingerprint density at radius 1 is 1.53 bits per heavy atom. The zero-order valence-electron chi connectivity index (χ0n) is 10.2. The molecular weight excluding hydrogens is 281 g/mol. The van der Waals surface area contributed by atoms with E-state index in [-0.39, 0.29) is 21.7 Å².